The van der Waals surface area contributed by atoms with Crippen molar-refractivity contribution < 1.29 is 9.57 Å². The fourth-order valence-corrected chi connectivity index (χ4v) is 1.64. The molecule has 0 saturated heterocycles. The summed E-state index contributed by atoms with van der Waals surface area (Å²) in [6.45, 7) is 4.13. The third-order valence-corrected chi connectivity index (χ3v) is 2.18. The summed E-state index contributed by atoms with van der Waals surface area (Å²) in [6, 6.07) is 5.67. The molecule has 13 heavy (non-hydrogen) atoms. The zero-order valence-electron chi connectivity index (χ0n) is 7.83. The van der Waals surface area contributed by atoms with Crippen LogP contribution in [0.5, 0.6) is 11.5 Å². The van der Waals surface area contributed by atoms with Crippen LogP contribution in [0.4, 0.5) is 0 Å². The van der Waals surface area contributed by atoms with Gasteiger partial charge in [0.15, 0.2) is 5.75 Å². The molecule has 0 atom stereocenters. The van der Waals surface area contributed by atoms with Crippen LogP contribution in [-0.2, 0) is 6.42 Å². The molecule has 1 heterocycles. The summed E-state index contributed by atoms with van der Waals surface area (Å²) in [6.07, 6.45) is 0.938. The second-order valence-electron chi connectivity index (χ2n) is 3.93. The van der Waals surface area contributed by atoms with E-state index in [-0.39, 0.29) is 5.60 Å². The highest BCUT2D eigenvalue weighted by molar-refractivity contribution is 5.44. The molecule has 0 spiro atoms. The van der Waals surface area contributed by atoms with Crippen molar-refractivity contribution in [1.82, 2.24) is 0 Å². The van der Waals surface area contributed by atoms with Gasteiger partial charge >= 0.3 is 0 Å². The van der Waals surface area contributed by atoms with Gasteiger partial charge in [-0.15, -0.1) is 0 Å². The van der Waals surface area contributed by atoms with Crippen LogP contribution in [0.25, 0.3) is 0 Å². The Balaban J connectivity index is 2.36. The molecular weight excluding hydrogens is 166 g/mol. The molecule has 70 valence electrons. The lowest BCUT2D eigenvalue weighted by Crippen LogP contribution is -2.24. The van der Waals surface area contributed by atoms with Crippen LogP contribution < -0.4 is 15.5 Å². The Bertz CT molecular complexity index is 334. The minimum absolute atomic E-state index is 0.102. The predicted molar refractivity (Wildman–Crippen MR) is 49.7 cm³/mol. The predicted octanol–water partition coefficient (Wildman–Crippen LogP) is 1.65. The van der Waals surface area contributed by atoms with Gasteiger partial charge in [0.05, 0.1) is 0 Å². The molecule has 1 aliphatic heterocycles. The number of hydrogen-bond acceptors (Lipinski definition) is 3. The molecule has 0 unspecified atom stereocenters. The monoisotopic (exact) mass is 179 g/mol. The van der Waals surface area contributed by atoms with Crippen LogP contribution in [0.3, 0.4) is 0 Å². The maximum absolute atomic E-state index is 5.70. The zero-order valence-corrected chi connectivity index (χ0v) is 7.83. The van der Waals surface area contributed by atoms with Gasteiger partial charge in [-0.1, -0.05) is 6.07 Å². The molecule has 0 amide bonds. The molecule has 0 fully saturated rings. The van der Waals surface area contributed by atoms with E-state index >= 15 is 0 Å². The normalized spacial score (nSPS) is 17.8. The first-order chi connectivity index (χ1) is 6.11. The van der Waals surface area contributed by atoms with Gasteiger partial charge in [0.25, 0.3) is 0 Å². The van der Waals surface area contributed by atoms with Crippen LogP contribution in [0, 0.1) is 0 Å². The van der Waals surface area contributed by atoms with E-state index in [4.69, 9.17) is 10.6 Å². The fourth-order valence-electron chi connectivity index (χ4n) is 1.64. The first-order valence-corrected chi connectivity index (χ1v) is 4.29. The molecule has 0 aromatic heterocycles. The maximum atomic E-state index is 5.70. The van der Waals surface area contributed by atoms with E-state index in [1.807, 2.05) is 18.2 Å². The van der Waals surface area contributed by atoms with E-state index in [0.717, 1.165) is 12.2 Å². The molecule has 0 saturated carbocycles. The third-order valence-electron chi connectivity index (χ3n) is 2.18. The smallest absolute Gasteiger partial charge is 0.150 e. The lowest BCUT2D eigenvalue weighted by Gasteiger charge is -2.16. The Morgan fingerprint density at radius 3 is 2.92 bits per heavy atom. The number of nitrogens with two attached hydrogens (primary N) is 1. The number of rotatable bonds is 1. The van der Waals surface area contributed by atoms with Crippen molar-refractivity contribution in [2.24, 2.45) is 5.90 Å². The zero-order chi connectivity index (χ0) is 9.47. The van der Waals surface area contributed by atoms with Crippen molar-refractivity contribution in [2.75, 3.05) is 0 Å². The molecule has 0 radical (unpaired) electrons. The van der Waals surface area contributed by atoms with Gasteiger partial charge in [-0.25, -0.2) is 0 Å². The minimum atomic E-state index is -0.102. The number of fused-ring (bicyclic) bond motifs is 1. The fraction of sp³-hybridized carbons (Fsp3) is 0.400. The van der Waals surface area contributed by atoms with Crippen LogP contribution >= 0.6 is 0 Å². The minimum Gasteiger partial charge on any atom is -0.487 e. The quantitative estimate of drug-likeness (QED) is 0.667. The molecular formula is C10H13NO2. The van der Waals surface area contributed by atoms with E-state index in [1.165, 1.54) is 5.56 Å². The third kappa shape index (κ3) is 1.47. The number of hydrogen-bond donors (Lipinski definition) is 1. The van der Waals surface area contributed by atoms with Gasteiger partial charge < -0.3 is 9.57 Å². The Kier molecular flexibility index (Phi) is 1.70. The molecule has 2 N–H and O–H groups in total. The summed E-state index contributed by atoms with van der Waals surface area (Å²) < 4.78 is 5.70. The van der Waals surface area contributed by atoms with Gasteiger partial charge in [0.2, 0.25) is 0 Å². The second kappa shape index (κ2) is 2.64. The number of ether oxygens (including phenoxy) is 1. The van der Waals surface area contributed by atoms with E-state index in [1.54, 1.807) is 0 Å². The lowest BCUT2D eigenvalue weighted by atomic mass is 10.0. The lowest BCUT2D eigenvalue weighted by molar-refractivity contribution is 0.138. The van der Waals surface area contributed by atoms with Crippen molar-refractivity contribution >= 4 is 0 Å². The average molecular weight is 179 g/mol. The van der Waals surface area contributed by atoms with Crippen molar-refractivity contribution in [2.45, 2.75) is 25.9 Å². The Labute approximate surface area is 77.4 Å². The molecule has 1 aliphatic rings. The van der Waals surface area contributed by atoms with Gasteiger partial charge in [-0.05, 0) is 25.5 Å². The summed E-state index contributed by atoms with van der Waals surface area (Å²) in [5.41, 5.74) is 1.11. The summed E-state index contributed by atoms with van der Waals surface area (Å²) in [5.74, 6) is 6.57. The Morgan fingerprint density at radius 2 is 2.23 bits per heavy atom. The topological polar surface area (TPSA) is 44.5 Å². The van der Waals surface area contributed by atoms with E-state index in [2.05, 4.69) is 18.7 Å². The van der Waals surface area contributed by atoms with Crippen molar-refractivity contribution in [1.29, 1.82) is 0 Å². The van der Waals surface area contributed by atoms with Crippen LogP contribution in [0.1, 0.15) is 19.4 Å². The highest BCUT2D eigenvalue weighted by Gasteiger charge is 2.29. The molecule has 0 aliphatic carbocycles. The van der Waals surface area contributed by atoms with E-state index in [0.29, 0.717) is 5.75 Å². The summed E-state index contributed by atoms with van der Waals surface area (Å²) >= 11 is 0. The van der Waals surface area contributed by atoms with Crippen molar-refractivity contribution in [3.8, 4) is 11.5 Å². The average Bonchev–Trinajstić information content (AvgIpc) is 2.36. The van der Waals surface area contributed by atoms with Crippen molar-refractivity contribution in [3.05, 3.63) is 23.8 Å². The number of benzene rings is 1. The van der Waals surface area contributed by atoms with E-state index in [9.17, 15) is 0 Å². The van der Waals surface area contributed by atoms with Crippen molar-refractivity contribution in [3.63, 3.8) is 0 Å². The van der Waals surface area contributed by atoms with E-state index < -0.39 is 0 Å². The van der Waals surface area contributed by atoms with Gasteiger partial charge in [0, 0.05) is 12.5 Å². The summed E-state index contributed by atoms with van der Waals surface area (Å²) in [5, 5.41) is 0. The van der Waals surface area contributed by atoms with Crippen LogP contribution in [0.15, 0.2) is 18.2 Å². The van der Waals surface area contributed by atoms with Crippen LogP contribution in [-0.4, -0.2) is 5.60 Å². The largest absolute Gasteiger partial charge is 0.487 e. The molecule has 3 nitrogen and oxygen atoms in total. The highest BCUT2D eigenvalue weighted by atomic mass is 16.6. The SMILES string of the molecule is CC1(C)Cc2ccc(ON)cc2O1. The maximum Gasteiger partial charge on any atom is 0.150 e. The molecule has 2 rings (SSSR count). The summed E-state index contributed by atoms with van der Waals surface area (Å²) in [7, 11) is 0. The molecule has 1 aromatic rings. The first-order valence-electron chi connectivity index (χ1n) is 4.29. The Morgan fingerprint density at radius 1 is 1.46 bits per heavy atom. The molecule has 0 bridgehead atoms. The van der Waals surface area contributed by atoms with Gasteiger partial charge in [0.1, 0.15) is 11.4 Å². The standard InChI is InChI=1S/C10H13NO2/c1-10(2)6-7-3-4-8(13-11)5-9(7)12-10/h3-5H,6,11H2,1-2H3. The molecule has 3 heteroatoms. The summed E-state index contributed by atoms with van der Waals surface area (Å²) in [4.78, 5) is 4.63. The second-order valence-corrected chi connectivity index (χ2v) is 3.93. The van der Waals surface area contributed by atoms with Crippen LogP contribution in [0.2, 0.25) is 0 Å². The molecule has 1 aromatic carbocycles. The first kappa shape index (κ1) is 8.38. The van der Waals surface area contributed by atoms with Gasteiger partial charge in [-0.2, -0.15) is 5.90 Å². The highest BCUT2D eigenvalue weighted by Crippen LogP contribution is 2.36. The Hall–Kier alpha value is -1.22. The van der Waals surface area contributed by atoms with Gasteiger partial charge in [-0.3, -0.25) is 0 Å².